The molecule has 0 aromatic carbocycles. The van der Waals surface area contributed by atoms with Crippen molar-refractivity contribution in [2.75, 3.05) is 7.11 Å². The molecule has 0 saturated carbocycles. The molecule has 2 aliphatic rings. The number of allylic oxidation sites excluding steroid dienone is 4. The number of hydrogen-bond donors (Lipinski definition) is 0. The fourth-order valence-corrected chi connectivity index (χ4v) is 3.85. The Bertz CT molecular complexity index is 439. The lowest BCUT2D eigenvalue weighted by atomic mass is 9.88. The molecule has 86 valence electrons. The molecule has 1 aliphatic carbocycles. The van der Waals surface area contributed by atoms with Crippen LogP contribution in [0.15, 0.2) is 33.9 Å². The fourth-order valence-electron chi connectivity index (χ4n) is 1.84. The lowest BCUT2D eigenvalue weighted by Gasteiger charge is -2.29. The zero-order chi connectivity index (χ0) is 11.9. The van der Waals surface area contributed by atoms with Gasteiger partial charge < -0.3 is 4.74 Å². The third-order valence-corrected chi connectivity index (χ3v) is 5.03. The normalized spacial score (nSPS) is 32.5. The minimum Gasteiger partial charge on any atom is -0.497 e. The summed E-state index contributed by atoms with van der Waals surface area (Å²) in [7, 11) is 1.60. The van der Waals surface area contributed by atoms with Gasteiger partial charge in [0.05, 0.1) is 12.0 Å². The molecule has 0 aromatic heterocycles. The molecule has 0 saturated heterocycles. The topological polar surface area (TPSA) is 26.3 Å². The van der Waals surface area contributed by atoms with Crippen LogP contribution in [0, 0.1) is 5.92 Å². The van der Waals surface area contributed by atoms with Crippen molar-refractivity contribution in [2.45, 2.75) is 11.7 Å². The second-order valence-electron chi connectivity index (χ2n) is 3.82. The Labute approximate surface area is 108 Å². The average Bonchev–Trinajstić information content (AvgIpc) is 2.51. The maximum atomic E-state index is 11.2. The van der Waals surface area contributed by atoms with Crippen molar-refractivity contribution >= 4 is 40.2 Å². The average molecular weight is 277 g/mol. The van der Waals surface area contributed by atoms with Gasteiger partial charge in [0.25, 0.3) is 5.24 Å². The summed E-state index contributed by atoms with van der Waals surface area (Å²) in [5.74, 6) is 0.710. The van der Waals surface area contributed by atoms with Gasteiger partial charge in [0.1, 0.15) is 5.76 Å². The molecule has 16 heavy (non-hydrogen) atoms. The van der Waals surface area contributed by atoms with Gasteiger partial charge in [-0.2, -0.15) is 0 Å². The molecule has 0 aromatic rings. The smallest absolute Gasteiger partial charge is 0.259 e. The first-order valence-electron chi connectivity index (χ1n) is 4.71. The summed E-state index contributed by atoms with van der Waals surface area (Å²) in [6.45, 7) is 2.02. The number of ether oxygens (including phenoxy) is 1. The molecule has 2 atom stereocenters. The minimum absolute atomic E-state index is 0.0446. The summed E-state index contributed by atoms with van der Waals surface area (Å²) in [5, 5.41) is 0.0118. The Morgan fingerprint density at radius 1 is 1.62 bits per heavy atom. The molecule has 0 fully saturated rings. The van der Waals surface area contributed by atoms with Crippen molar-refractivity contribution in [1.29, 1.82) is 0 Å². The summed E-state index contributed by atoms with van der Waals surface area (Å²) >= 11 is 13.1. The molecule has 0 spiro atoms. The van der Waals surface area contributed by atoms with Gasteiger partial charge in [0.2, 0.25) is 0 Å². The lowest BCUT2D eigenvalue weighted by Crippen LogP contribution is -2.26. The summed E-state index contributed by atoms with van der Waals surface area (Å²) in [6.07, 6.45) is 5.80. The van der Waals surface area contributed by atoms with Crippen LogP contribution in [-0.2, 0) is 9.53 Å². The monoisotopic (exact) mass is 276 g/mol. The highest BCUT2D eigenvalue weighted by Gasteiger charge is 2.45. The Balaban J connectivity index is 2.42. The van der Waals surface area contributed by atoms with Gasteiger partial charge in [0, 0.05) is 15.7 Å². The van der Waals surface area contributed by atoms with E-state index in [2.05, 4.69) is 0 Å². The Kier molecular flexibility index (Phi) is 3.12. The first-order chi connectivity index (χ1) is 7.48. The van der Waals surface area contributed by atoms with E-state index in [0.29, 0.717) is 9.94 Å². The third kappa shape index (κ3) is 1.81. The van der Waals surface area contributed by atoms with Crippen molar-refractivity contribution in [2.24, 2.45) is 5.92 Å². The molecule has 2 unspecified atom stereocenters. The fraction of sp³-hybridized carbons (Fsp3) is 0.364. The zero-order valence-corrected chi connectivity index (χ0v) is 11.1. The van der Waals surface area contributed by atoms with Crippen LogP contribution in [0.3, 0.4) is 0 Å². The number of thioether (sulfide) groups is 1. The van der Waals surface area contributed by atoms with E-state index in [1.807, 2.05) is 25.2 Å². The van der Waals surface area contributed by atoms with Gasteiger partial charge in [-0.25, -0.2) is 0 Å². The van der Waals surface area contributed by atoms with E-state index in [-0.39, 0.29) is 10.7 Å². The molecular formula is C11H10Cl2O2S. The highest BCUT2D eigenvalue weighted by Crippen LogP contribution is 2.55. The van der Waals surface area contributed by atoms with Crippen LogP contribution in [0.2, 0.25) is 0 Å². The van der Waals surface area contributed by atoms with Crippen LogP contribution >= 0.6 is 35.0 Å². The molecular weight excluding hydrogens is 267 g/mol. The maximum Gasteiger partial charge on any atom is 0.259 e. The van der Waals surface area contributed by atoms with Crippen molar-refractivity contribution in [3.8, 4) is 0 Å². The number of carbonyl (C=O) groups excluding carboxylic acids is 1. The molecule has 2 nitrogen and oxygen atoms in total. The SMILES string of the molecule is COC1=CC2C(Cl)=C(C(=O)Cl)SC2(C)C=C1. The summed E-state index contributed by atoms with van der Waals surface area (Å²) < 4.78 is 4.92. The maximum absolute atomic E-state index is 11.2. The van der Waals surface area contributed by atoms with E-state index < -0.39 is 5.24 Å². The number of halogens is 2. The van der Waals surface area contributed by atoms with Crippen LogP contribution in [0.4, 0.5) is 0 Å². The third-order valence-electron chi connectivity index (χ3n) is 2.75. The predicted molar refractivity (Wildman–Crippen MR) is 67.5 cm³/mol. The Hall–Kier alpha value is -0.380. The summed E-state index contributed by atoms with van der Waals surface area (Å²) in [6, 6.07) is 0. The number of carbonyl (C=O) groups is 1. The standard InChI is InChI=1S/C11H10Cl2O2S/c1-11-4-3-6(15-2)5-7(11)8(12)9(16-11)10(13)14/h3-5,7H,1-2H3. The molecule has 0 radical (unpaired) electrons. The molecule has 5 heteroatoms. The van der Waals surface area contributed by atoms with E-state index in [9.17, 15) is 4.79 Å². The first kappa shape index (κ1) is 12.1. The van der Waals surface area contributed by atoms with Crippen LogP contribution in [-0.4, -0.2) is 17.1 Å². The van der Waals surface area contributed by atoms with Crippen LogP contribution in [0.1, 0.15) is 6.92 Å². The number of fused-ring (bicyclic) bond motifs is 1. The Morgan fingerprint density at radius 3 is 2.88 bits per heavy atom. The quantitative estimate of drug-likeness (QED) is 0.723. The van der Waals surface area contributed by atoms with Gasteiger partial charge in [-0.05, 0) is 30.7 Å². The number of hydrogen-bond acceptors (Lipinski definition) is 3. The zero-order valence-electron chi connectivity index (χ0n) is 8.79. The van der Waals surface area contributed by atoms with Crippen LogP contribution in [0.5, 0.6) is 0 Å². The highest BCUT2D eigenvalue weighted by molar-refractivity contribution is 8.06. The Morgan fingerprint density at radius 2 is 2.31 bits per heavy atom. The highest BCUT2D eigenvalue weighted by atomic mass is 35.5. The van der Waals surface area contributed by atoms with E-state index in [4.69, 9.17) is 27.9 Å². The molecule has 1 heterocycles. The first-order valence-corrected chi connectivity index (χ1v) is 6.29. The molecule has 0 N–H and O–H groups in total. The lowest BCUT2D eigenvalue weighted by molar-refractivity contribution is -0.107. The summed E-state index contributed by atoms with van der Waals surface area (Å²) in [5.41, 5.74) is 0. The van der Waals surface area contributed by atoms with Gasteiger partial charge in [-0.1, -0.05) is 17.7 Å². The number of methoxy groups -OCH3 is 1. The second-order valence-corrected chi connectivity index (χ2v) is 6.06. The van der Waals surface area contributed by atoms with E-state index in [1.165, 1.54) is 11.8 Å². The van der Waals surface area contributed by atoms with Crippen molar-refractivity contribution < 1.29 is 9.53 Å². The molecule has 0 bridgehead atoms. The van der Waals surface area contributed by atoms with Crippen molar-refractivity contribution in [3.63, 3.8) is 0 Å². The van der Waals surface area contributed by atoms with Crippen molar-refractivity contribution in [3.05, 3.63) is 33.9 Å². The predicted octanol–water partition coefficient (Wildman–Crippen LogP) is 3.42. The van der Waals surface area contributed by atoms with Crippen LogP contribution in [0.25, 0.3) is 0 Å². The van der Waals surface area contributed by atoms with Gasteiger partial charge >= 0.3 is 0 Å². The minimum atomic E-state index is -0.494. The van der Waals surface area contributed by atoms with E-state index >= 15 is 0 Å². The van der Waals surface area contributed by atoms with Gasteiger partial charge in [0.15, 0.2) is 0 Å². The van der Waals surface area contributed by atoms with Gasteiger partial charge in [-0.15, -0.1) is 11.8 Å². The number of rotatable bonds is 2. The van der Waals surface area contributed by atoms with Gasteiger partial charge in [-0.3, -0.25) is 4.79 Å². The van der Waals surface area contributed by atoms with Crippen molar-refractivity contribution in [1.82, 2.24) is 0 Å². The summed E-state index contributed by atoms with van der Waals surface area (Å²) in [4.78, 5) is 11.7. The van der Waals surface area contributed by atoms with E-state index in [1.54, 1.807) is 7.11 Å². The molecule has 2 rings (SSSR count). The molecule has 0 amide bonds. The van der Waals surface area contributed by atoms with Crippen LogP contribution < -0.4 is 0 Å². The largest absolute Gasteiger partial charge is 0.497 e. The second kappa shape index (κ2) is 4.13. The molecule has 1 aliphatic heterocycles. The van der Waals surface area contributed by atoms with E-state index in [0.717, 1.165) is 5.76 Å².